The van der Waals surface area contributed by atoms with E-state index >= 15 is 0 Å². The molecule has 5 heteroatoms. The summed E-state index contributed by atoms with van der Waals surface area (Å²) in [5, 5.41) is 9.72. The van der Waals surface area contributed by atoms with E-state index in [2.05, 4.69) is 18.7 Å². The van der Waals surface area contributed by atoms with Gasteiger partial charge >= 0.3 is 0 Å². The summed E-state index contributed by atoms with van der Waals surface area (Å²) in [6.07, 6.45) is 1.48. The molecule has 0 radical (unpaired) electrons. The third-order valence-corrected chi connectivity index (χ3v) is 4.62. The molecule has 0 bridgehead atoms. The second kappa shape index (κ2) is 8.02. The SMILES string of the molecule is CC(C)CN1CC[C@H](CN(C)C(=O)Cc2ccc(O)c(Cl)c2)C1. The Labute approximate surface area is 144 Å². The lowest BCUT2D eigenvalue weighted by Crippen LogP contribution is -2.34. The smallest absolute Gasteiger partial charge is 0.226 e. The molecular weight excluding hydrogens is 312 g/mol. The molecule has 1 aromatic rings. The number of rotatable bonds is 6. The van der Waals surface area contributed by atoms with E-state index < -0.39 is 0 Å². The minimum absolute atomic E-state index is 0.0485. The molecule has 0 saturated carbocycles. The monoisotopic (exact) mass is 338 g/mol. The Bertz CT molecular complexity index is 548. The van der Waals surface area contributed by atoms with Crippen molar-refractivity contribution in [2.75, 3.05) is 33.2 Å². The zero-order valence-electron chi connectivity index (χ0n) is 14.3. The number of likely N-dealkylation sites (N-methyl/N-ethyl adjacent to an activating group) is 1. The molecule has 1 aliphatic rings. The van der Waals surface area contributed by atoms with Crippen LogP contribution in [-0.4, -0.2) is 54.0 Å². The average Bonchev–Trinajstić information content (AvgIpc) is 2.89. The first-order valence-electron chi connectivity index (χ1n) is 8.29. The van der Waals surface area contributed by atoms with Crippen molar-refractivity contribution in [2.24, 2.45) is 11.8 Å². The lowest BCUT2D eigenvalue weighted by molar-refractivity contribution is -0.129. The van der Waals surface area contributed by atoms with Crippen LogP contribution in [0.4, 0.5) is 0 Å². The topological polar surface area (TPSA) is 43.8 Å². The maximum absolute atomic E-state index is 12.4. The summed E-state index contributed by atoms with van der Waals surface area (Å²) in [4.78, 5) is 16.7. The second-order valence-corrected chi connectivity index (χ2v) is 7.45. The van der Waals surface area contributed by atoms with Gasteiger partial charge in [0.15, 0.2) is 0 Å². The minimum atomic E-state index is 0.0485. The number of amides is 1. The third kappa shape index (κ3) is 5.40. The maximum Gasteiger partial charge on any atom is 0.226 e. The van der Waals surface area contributed by atoms with Crippen LogP contribution in [0.25, 0.3) is 0 Å². The zero-order chi connectivity index (χ0) is 17.0. The molecule has 0 aromatic heterocycles. The van der Waals surface area contributed by atoms with Crippen molar-refractivity contribution in [1.82, 2.24) is 9.80 Å². The van der Waals surface area contributed by atoms with Gasteiger partial charge in [-0.2, -0.15) is 0 Å². The molecule has 0 aliphatic carbocycles. The quantitative estimate of drug-likeness (QED) is 0.867. The number of phenolic OH excluding ortho intramolecular Hbond substituents is 1. The highest BCUT2D eigenvalue weighted by atomic mass is 35.5. The number of aromatic hydroxyl groups is 1. The highest BCUT2D eigenvalue weighted by Crippen LogP contribution is 2.24. The maximum atomic E-state index is 12.4. The Morgan fingerprint density at radius 2 is 2.22 bits per heavy atom. The van der Waals surface area contributed by atoms with Crippen molar-refractivity contribution < 1.29 is 9.90 Å². The fourth-order valence-corrected chi connectivity index (χ4v) is 3.41. The van der Waals surface area contributed by atoms with E-state index in [-0.39, 0.29) is 16.7 Å². The molecule has 128 valence electrons. The molecule has 4 nitrogen and oxygen atoms in total. The molecule has 1 N–H and O–H groups in total. The Balaban J connectivity index is 1.82. The zero-order valence-corrected chi connectivity index (χ0v) is 15.0. The van der Waals surface area contributed by atoms with Gasteiger partial charge < -0.3 is 14.9 Å². The number of hydrogen-bond donors (Lipinski definition) is 1. The van der Waals surface area contributed by atoms with Crippen LogP contribution >= 0.6 is 11.6 Å². The largest absolute Gasteiger partial charge is 0.506 e. The number of likely N-dealkylation sites (tertiary alicyclic amines) is 1. The molecule has 1 atom stereocenters. The Morgan fingerprint density at radius 3 is 2.87 bits per heavy atom. The van der Waals surface area contributed by atoms with Gasteiger partial charge in [-0.25, -0.2) is 0 Å². The molecule has 0 unspecified atom stereocenters. The summed E-state index contributed by atoms with van der Waals surface area (Å²) >= 11 is 5.89. The van der Waals surface area contributed by atoms with Gasteiger partial charge in [0.1, 0.15) is 5.75 Å². The Hall–Kier alpha value is -1.26. The van der Waals surface area contributed by atoms with Crippen LogP contribution < -0.4 is 0 Å². The van der Waals surface area contributed by atoms with Crippen molar-refractivity contribution in [3.63, 3.8) is 0 Å². The number of carbonyl (C=O) groups excluding carboxylic acids is 1. The van der Waals surface area contributed by atoms with Crippen molar-refractivity contribution in [3.8, 4) is 5.75 Å². The summed E-state index contributed by atoms with van der Waals surface area (Å²) < 4.78 is 0. The predicted molar refractivity (Wildman–Crippen MR) is 93.8 cm³/mol. The van der Waals surface area contributed by atoms with Crippen LogP contribution in [0.2, 0.25) is 5.02 Å². The van der Waals surface area contributed by atoms with Gasteiger partial charge in [0, 0.05) is 26.7 Å². The number of phenols is 1. The minimum Gasteiger partial charge on any atom is -0.506 e. The summed E-state index contributed by atoms with van der Waals surface area (Å²) in [6.45, 7) is 8.65. The molecule has 1 fully saturated rings. The number of carbonyl (C=O) groups is 1. The van der Waals surface area contributed by atoms with Gasteiger partial charge in [0.2, 0.25) is 5.91 Å². The van der Waals surface area contributed by atoms with Crippen molar-refractivity contribution in [1.29, 1.82) is 0 Å². The van der Waals surface area contributed by atoms with Crippen LogP contribution in [-0.2, 0) is 11.2 Å². The van der Waals surface area contributed by atoms with Crippen molar-refractivity contribution >= 4 is 17.5 Å². The molecule has 1 aliphatic heterocycles. The van der Waals surface area contributed by atoms with Crippen LogP contribution in [0, 0.1) is 11.8 Å². The molecule has 0 spiro atoms. The lowest BCUT2D eigenvalue weighted by atomic mass is 10.1. The molecular formula is C18H27ClN2O2. The first-order valence-corrected chi connectivity index (χ1v) is 8.66. The van der Waals surface area contributed by atoms with E-state index in [0.717, 1.165) is 38.2 Å². The molecule has 1 saturated heterocycles. The molecule has 1 heterocycles. The van der Waals surface area contributed by atoms with E-state index in [1.165, 1.54) is 6.07 Å². The number of benzene rings is 1. The fraction of sp³-hybridized carbons (Fsp3) is 0.611. The summed E-state index contributed by atoms with van der Waals surface area (Å²) in [6, 6.07) is 4.93. The third-order valence-electron chi connectivity index (χ3n) is 4.32. The van der Waals surface area contributed by atoms with Crippen LogP contribution in [0.3, 0.4) is 0 Å². The van der Waals surface area contributed by atoms with E-state index in [9.17, 15) is 9.90 Å². The second-order valence-electron chi connectivity index (χ2n) is 7.04. The van der Waals surface area contributed by atoms with Gasteiger partial charge in [0.25, 0.3) is 0 Å². The standard InChI is InChI=1S/C18H27ClN2O2/c1-13(2)10-21-7-6-15(12-21)11-20(3)18(23)9-14-4-5-17(22)16(19)8-14/h4-5,8,13,15,22H,6-7,9-12H2,1-3H3/t15-/m1/s1. The Morgan fingerprint density at radius 1 is 1.48 bits per heavy atom. The highest BCUT2D eigenvalue weighted by Gasteiger charge is 2.25. The van der Waals surface area contributed by atoms with Gasteiger partial charge in [-0.1, -0.05) is 31.5 Å². The summed E-state index contributed by atoms with van der Waals surface area (Å²) in [5.74, 6) is 1.39. The van der Waals surface area contributed by atoms with Crippen molar-refractivity contribution in [3.05, 3.63) is 28.8 Å². The van der Waals surface area contributed by atoms with E-state index in [0.29, 0.717) is 18.3 Å². The summed E-state index contributed by atoms with van der Waals surface area (Å²) in [5.41, 5.74) is 0.831. The molecule has 1 aromatic carbocycles. The lowest BCUT2D eigenvalue weighted by Gasteiger charge is -2.22. The van der Waals surface area contributed by atoms with E-state index in [1.54, 1.807) is 12.1 Å². The highest BCUT2D eigenvalue weighted by molar-refractivity contribution is 6.32. The van der Waals surface area contributed by atoms with Gasteiger partial charge in [-0.3, -0.25) is 4.79 Å². The fourth-order valence-electron chi connectivity index (χ4n) is 3.20. The number of hydrogen-bond acceptors (Lipinski definition) is 3. The Kier molecular flexibility index (Phi) is 6.31. The molecule has 23 heavy (non-hydrogen) atoms. The van der Waals surface area contributed by atoms with Gasteiger partial charge in [-0.15, -0.1) is 0 Å². The average molecular weight is 339 g/mol. The van der Waals surface area contributed by atoms with E-state index in [4.69, 9.17) is 11.6 Å². The summed E-state index contributed by atoms with van der Waals surface area (Å²) in [7, 11) is 1.87. The normalized spacial score (nSPS) is 18.6. The first kappa shape index (κ1) is 18.1. The van der Waals surface area contributed by atoms with Gasteiger partial charge in [-0.05, 0) is 42.5 Å². The predicted octanol–water partition coefficient (Wildman–Crippen LogP) is 3.02. The molecule has 2 rings (SSSR count). The van der Waals surface area contributed by atoms with Crippen LogP contribution in [0.15, 0.2) is 18.2 Å². The number of halogens is 1. The molecule has 1 amide bonds. The van der Waals surface area contributed by atoms with E-state index in [1.807, 2.05) is 11.9 Å². The van der Waals surface area contributed by atoms with Crippen LogP contribution in [0.5, 0.6) is 5.75 Å². The first-order chi connectivity index (χ1) is 10.8. The number of nitrogens with zero attached hydrogens (tertiary/aromatic N) is 2. The van der Waals surface area contributed by atoms with Crippen LogP contribution in [0.1, 0.15) is 25.8 Å². The van der Waals surface area contributed by atoms with Gasteiger partial charge in [0.05, 0.1) is 11.4 Å². The van der Waals surface area contributed by atoms with Crippen molar-refractivity contribution in [2.45, 2.75) is 26.7 Å².